The highest BCUT2D eigenvalue weighted by Crippen LogP contribution is 2.49. The van der Waals surface area contributed by atoms with Crippen molar-refractivity contribution in [2.75, 3.05) is 26.2 Å². The first-order valence-corrected chi connectivity index (χ1v) is 7.67. The molecule has 110 valence electrons. The minimum atomic E-state index is -0.0940. The number of hydrogen-bond acceptors (Lipinski definition) is 3. The van der Waals surface area contributed by atoms with Crippen LogP contribution in [0.4, 0.5) is 0 Å². The maximum Gasteiger partial charge on any atom is 0.190 e. The van der Waals surface area contributed by atoms with Gasteiger partial charge in [-0.05, 0) is 10.8 Å². The Morgan fingerprint density at radius 3 is 1.25 bits per heavy atom. The maximum atomic E-state index is 13.1. The fourth-order valence-electron chi connectivity index (χ4n) is 3.74. The Kier molecular flexibility index (Phi) is 2.67. The molecule has 4 rings (SSSR count). The molecular weight excluding hydrogens is 248 g/mol. The van der Waals surface area contributed by atoms with Gasteiger partial charge in [-0.25, -0.2) is 0 Å². The van der Waals surface area contributed by atoms with Crippen LogP contribution < -0.4 is 0 Å². The zero-order chi connectivity index (χ0) is 14.9. The van der Waals surface area contributed by atoms with Crippen LogP contribution in [-0.2, 0) is 4.79 Å². The molecule has 0 N–H and O–H groups in total. The Morgan fingerprint density at radius 1 is 0.700 bits per heavy atom. The molecule has 3 aliphatic heterocycles. The van der Waals surface area contributed by atoms with Gasteiger partial charge in [0.1, 0.15) is 0 Å². The molecule has 3 heteroatoms. The zero-order valence-electron chi connectivity index (χ0n) is 13.6. The summed E-state index contributed by atoms with van der Waals surface area (Å²) < 4.78 is 0. The van der Waals surface area contributed by atoms with Crippen molar-refractivity contribution in [3.63, 3.8) is 0 Å². The van der Waals surface area contributed by atoms with Crippen molar-refractivity contribution < 1.29 is 4.79 Å². The lowest BCUT2D eigenvalue weighted by Crippen LogP contribution is -2.53. The summed E-state index contributed by atoms with van der Waals surface area (Å²) in [6, 6.07) is 0. The molecule has 0 saturated carbocycles. The Morgan fingerprint density at radius 2 is 1.00 bits per heavy atom. The van der Waals surface area contributed by atoms with Gasteiger partial charge in [-0.15, -0.1) is 0 Å². The molecule has 4 aliphatic rings. The fraction of sp³-hybridized carbons (Fsp3) is 0.706. The first kappa shape index (κ1) is 13.7. The van der Waals surface area contributed by atoms with Crippen molar-refractivity contribution in [3.8, 4) is 0 Å². The topological polar surface area (TPSA) is 23.6 Å². The maximum absolute atomic E-state index is 13.1. The average molecular weight is 274 g/mol. The second kappa shape index (κ2) is 3.90. The molecule has 3 nitrogen and oxygen atoms in total. The van der Waals surface area contributed by atoms with Crippen LogP contribution in [-0.4, -0.2) is 41.8 Å². The van der Waals surface area contributed by atoms with Gasteiger partial charge in [-0.2, -0.15) is 0 Å². The van der Waals surface area contributed by atoms with Crippen molar-refractivity contribution in [1.29, 1.82) is 0 Å². The lowest BCUT2D eigenvalue weighted by atomic mass is 9.78. The minimum Gasteiger partial charge on any atom is -0.366 e. The van der Waals surface area contributed by atoms with E-state index in [0.717, 1.165) is 37.3 Å². The predicted molar refractivity (Wildman–Crippen MR) is 81.1 cm³/mol. The molecule has 0 spiro atoms. The smallest absolute Gasteiger partial charge is 0.190 e. The van der Waals surface area contributed by atoms with Crippen LogP contribution >= 0.6 is 0 Å². The van der Waals surface area contributed by atoms with E-state index in [1.165, 1.54) is 11.4 Å². The third kappa shape index (κ3) is 1.75. The van der Waals surface area contributed by atoms with Gasteiger partial charge in [0.25, 0.3) is 0 Å². The normalized spacial score (nSPS) is 23.2. The number of Topliss-reactive ketones (excluding diaryl/α,β-unsaturated/α-hetero) is 1. The molecule has 0 aromatic heterocycles. The Labute approximate surface area is 122 Å². The van der Waals surface area contributed by atoms with Crippen LogP contribution in [0.1, 0.15) is 41.5 Å². The highest BCUT2D eigenvalue weighted by Gasteiger charge is 2.48. The fourth-order valence-corrected chi connectivity index (χ4v) is 3.74. The molecule has 3 saturated heterocycles. The molecule has 0 radical (unpaired) electrons. The first-order valence-electron chi connectivity index (χ1n) is 7.67. The summed E-state index contributed by atoms with van der Waals surface area (Å²) in [5, 5.41) is 0. The Hall–Kier alpha value is -1.25. The Balaban J connectivity index is 2.25. The molecule has 2 bridgehead atoms. The van der Waals surface area contributed by atoms with E-state index in [1.54, 1.807) is 0 Å². The summed E-state index contributed by atoms with van der Waals surface area (Å²) in [5.41, 5.74) is 4.35. The SMILES string of the molecule is CC(C)(C)C1=C2C(=C(C(C)(C)C)C1=O)N1CCN2CC1. The molecule has 1 aliphatic carbocycles. The molecule has 3 heterocycles. The van der Waals surface area contributed by atoms with Gasteiger partial charge in [0.15, 0.2) is 5.78 Å². The van der Waals surface area contributed by atoms with Crippen LogP contribution in [0.15, 0.2) is 22.5 Å². The number of carbonyl (C=O) groups is 1. The van der Waals surface area contributed by atoms with E-state index in [4.69, 9.17) is 0 Å². The largest absolute Gasteiger partial charge is 0.366 e. The zero-order valence-corrected chi connectivity index (χ0v) is 13.6. The minimum absolute atomic E-state index is 0.0940. The number of carbonyl (C=O) groups excluding carboxylic acids is 1. The predicted octanol–water partition coefficient (Wildman–Crippen LogP) is 2.80. The van der Waals surface area contributed by atoms with Gasteiger partial charge < -0.3 is 9.80 Å². The van der Waals surface area contributed by atoms with Crippen LogP contribution in [0.2, 0.25) is 0 Å². The van der Waals surface area contributed by atoms with Gasteiger partial charge in [0.05, 0.1) is 11.4 Å². The molecule has 0 amide bonds. The first-order chi connectivity index (χ1) is 9.12. The van der Waals surface area contributed by atoms with Crippen LogP contribution in [0.3, 0.4) is 0 Å². The van der Waals surface area contributed by atoms with Crippen molar-refractivity contribution in [2.24, 2.45) is 10.8 Å². The monoisotopic (exact) mass is 274 g/mol. The summed E-state index contributed by atoms with van der Waals surface area (Å²) in [5.74, 6) is 0.286. The third-order valence-electron chi connectivity index (χ3n) is 4.56. The lowest BCUT2D eigenvalue weighted by molar-refractivity contribution is -0.113. The standard InChI is InChI=1S/C17H26N2O/c1-16(2,3)11-13-14(12(15(11)20)17(4,5)6)19-9-7-18(13)8-10-19/h7-10H2,1-6H3. The van der Waals surface area contributed by atoms with E-state index in [9.17, 15) is 4.79 Å². The number of nitrogens with zero attached hydrogens (tertiary/aromatic N) is 2. The van der Waals surface area contributed by atoms with Crippen LogP contribution in [0.5, 0.6) is 0 Å². The molecule has 0 unspecified atom stereocenters. The van der Waals surface area contributed by atoms with Crippen LogP contribution in [0, 0.1) is 10.8 Å². The van der Waals surface area contributed by atoms with Crippen LogP contribution in [0.25, 0.3) is 0 Å². The van der Waals surface area contributed by atoms with E-state index in [0.29, 0.717) is 0 Å². The van der Waals surface area contributed by atoms with Gasteiger partial charge >= 0.3 is 0 Å². The summed E-state index contributed by atoms with van der Waals surface area (Å²) >= 11 is 0. The van der Waals surface area contributed by atoms with E-state index in [-0.39, 0.29) is 16.6 Å². The van der Waals surface area contributed by atoms with Crippen molar-refractivity contribution in [1.82, 2.24) is 9.80 Å². The molecule has 0 atom stereocenters. The summed E-state index contributed by atoms with van der Waals surface area (Å²) in [6.45, 7) is 17.2. The van der Waals surface area contributed by atoms with E-state index < -0.39 is 0 Å². The average Bonchev–Trinajstić information content (AvgIpc) is 2.63. The van der Waals surface area contributed by atoms with Gasteiger partial charge in [-0.1, -0.05) is 41.5 Å². The lowest BCUT2D eigenvalue weighted by Gasteiger charge is -2.48. The van der Waals surface area contributed by atoms with E-state index in [1.807, 2.05) is 0 Å². The summed E-state index contributed by atoms with van der Waals surface area (Å²) in [4.78, 5) is 18.0. The second-order valence-electron chi connectivity index (χ2n) is 8.25. The van der Waals surface area contributed by atoms with Crippen molar-refractivity contribution >= 4 is 5.78 Å². The Bertz CT molecular complexity index is 484. The summed E-state index contributed by atoms with van der Waals surface area (Å²) in [7, 11) is 0. The van der Waals surface area contributed by atoms with Crippen molar-refractivity contribution in [3.05, 3.63) is 22.5 Å². The highest BCUT2D eigenvalue weighted by atomic mass is 16.1. The molecule has 3 fully saturated rings. The van der Waals surface area contributed by atoms with Gasteiger partial charge in [0, 0.05) is 37.3 Å². The second-order valence-corrected chi connectivity index (χ2v) is 8.25. The molecule has 0 aromatic carbocycles. The number of rotatable bonds is 0. The molecule has 0 aromatic rings. The van der Waals surface area contributed by atoms with Crippen molar-refractivity contribution in [2.45, 2.75) is 41.5 Å². The molecule has 20 heavy (non-hydrogen) atoms. The summed E-state index contributed by atoms with van der Waals surface area (Å²) in [6.07, 6.45) is 0. The van der Waals surface area contributed by atoms with E-state index >= 15 is 0 Å². The number of piperazine rings is 3. The van der Waals surface area contributed by atoms with E-state index in [2.05, 4.69) is 51.3 Å². The quantitative estimate of drug-likeness (QED) is 0.678. The van der Waals surface area contributed by atoms with Gasteiger partial charge in [-0.3, -0.25) is 4.79 Å². The third-order valence-corrected chi connectivity index (χ3v) is 4.56. The number of fused-ring (bicyclic) bond motifs is 2. The number of allylic oxidation sites excluding steroid dienone is 2. The molecular formula is C17H26N2O. The van der Waals surface area contributed by atoms with Gasteiger partial charge in [0.2, 0.25) is 0 Å². The number of ketones is 1. The highest BCUT2D eigenvalue weighted by molar-refractivity contribution is 6.14. The number of hydrogen-bond donors (Lipinski definition) is 0.